The van der Waals surface area contributed by atoms with Crippen molar-refractivity contribution in [2.24, 2.45) is 5.14 Å². The van der Waals surface area contributed by atoms with E-state index >= 15 is 0 Å². The molecule has 0 aromatic heterocycles. The van der Waals surface area contributed by atoms with Crippen molar-refractivity contribution in [3.05, 3.63) is 64.2 Å². The first-order valence-electron chi connectivity index (χ1n) is 7.01. The van der Waals surface area contributed by atoms with Crippen molar-refractivity contribution in [3.8, 4) is 0 Å². The number of carbonyl (C=O) groups is 2. The number of nitrogens with two attached hydrogens (primary N) is 1. The molecule has 0 aliphatic rings. The third-order valence-corrected chi connectivity index (χ3v) is 4.01. The highest BCUT2D eigenvalue weighted by molar-refractivity contribution is 7.89. The number of nitro groups is 1. The molecule has 0 spiro atoms. The fourth-order valence-electron chi connectivity index (χ4n) is 1.88. The summed E-state index contributed by atoms with van der Waals surface area (Å²) in [5, 5.41) is 17.9. The van der Waals surface area contributed by atoms with Crippen molar-refractivity contribution in [3.63, 3.8) is 0 Å². The van der Waals surface area contributed by atoms with Crippen molar-refractivity contribution in [2.45, 2.75) is 4.90 Å². The van der Waals surface area contributed by atoms with Crippen LogP contribution in [0.25, 0.3) is 0 Å². The van der Waals surface area contributed by atoms with Crippen molar-refractivity contribution in [2.75, 3.05) is 11.9 Å². The number of amides is 1. The van der Waals surface area contributed by atoms with E-state index in [9.17, 15) is 28.1 Å². The molecule has 0 aliphatic carbocycles. The zero-order valence-corrected chi connectivity index (χ0v) is 13.9. The minimum absolute atomic E-state index is 0.0413. The Morgan fingerprint density at radius 2 is 1.81 bits per heavy atom. The number of benzene rings is 2. The van der Waals surface area contributed by atoms with E-state index in [0.29, 0.717) is 0 Å². The summed E-state index contributed by atoms with van der Waals surface area (Å²) in [6, 6.07) is 9.92. The van der Waals surface area contributed by atoms with Crippen molar-refractivity contribution >= 4 is 33.3 Å². The van der Waals surface area contributed by atoms with Crippen molar-refractivity contribution in [1.29, 1.82) is 0 Å². The van der Waals surface area contributed by atoms with Gasteiger partial charge in [0.15, 0.2) is 6.61 Å². The van der Waals surface area contributed by atoms with Crippen LogP contribution in [0, 0.1) is 10.1 Å². The molecule has 10 nitrogen and oxygen atoms in total. The van der Waals surface area contributed by atoms with Crippen LogP contribution in [0.2, 0.25) is 0 Å². The molecule has 136 valence electrons. The summed E-state index contributed by atoms with van der Waals surface area (Å²) in [5.74, 6) is -1.54. The Morgan fingerprint density at radius 1 is 1.15 bits per heavy atom. The van der Waals surface area contributed by atoms with Crippen molar-refractivity contribution < 1.29 is 27.7 Å². The van der Waals surface area contributed by atoms with E-state index in [1.165, 1.54) is 30.3 Å². The highest BCUT2D eigenvalue weighted by Crippen LogP contribution is 2.15. The Bertz CT molecular complexity index is 955. The first kappa shape index (κ1) is 19.0. The predicted octanol–water partition coefficient (Wildman–Crippen LogP) is 1.04. The number of primary sulfonamides is 1. The van der Waals surface area contributed by atoms with Crippen LogP contribution in [0.4, 0.5) is 11.4 Å². The zero-order valence-electron chi connectivity index (χ0n) is 13.1. The quantitative estimate of drug-likeness (QED) is 0.431. The summed E-state index contributed by atoms with van der Waals surface area (Å²) in [6.45, 7) is -0.630. The largest absolute Gasteiger partial charge is 0.452 e. The van der Waals surface area contributed by atoms with E-state index in [1.54, 1.807) is 0 Å². The summed E-state index contributed by atoms with van der Waals surface area (Å²) < 4.78 is 27.3. The van der Waals surface area contributed by atoms with Gasteiger partial charge in [-0.25, -0.2) is 18.4 Å². The van der Waals surface area contributed by atoms with Crippen LogP contribution in [0.1, 0.15) is 10.4 Å². The lowest BCUT2D eigenvalue weighted by Gasteiger charge is -2.07. The summed E-state index contributed by atoms with van der Waals surface area (Å²) in [7, 11) is -3.92. The number of nitro benzene ring substituents is 1. The number of rotatable bonds is 6. The van der Waals surface area contributed by atoms with Gasteiger partial charge in [-0.2, -0.15) is 0 Å². The Hall–Kier alpha value is -3.31. The summed E-state index contributed by atoms with van der Waals surface area (Å²) in [5.41, 5.74) is 0.0153. The monoisotopic (exact) mass is 379 g/mol. The Balaban J connectivity index is 1.94. The molecule has 11 heteroatoms. The van der Waals surface area contributed by atoms with Gasteiger partial charge >= 0.3 is 5.97 Å². The van der Waals surface area contributed by atoms with Gasteiger partial charge in [-0.05, 0) is 30.3 Å². The Morgan fingerprint density at radius 3 is 2.38 bits per heavy atom. The second kappa shape index (κ2) is 7.72. The third-order valence-electron chi connectivity index (χ3n) is 3.09. The molecule has 0 aliphatic heterocycles. The lowest BCUT2D eigenvalue weighted by molar-refractivity contribution is -0.384. The summed E-state index contributed by atoms with van der Waals surface area (Å²) >= 11 is 0. The van der Waals surface area contributed by atoms with Crippen LogP contribution in [-0.2, 0) is 19.6 Å². The van der Waals surface area contributed by atoms with E-state index in [4.69, 9.17) is 9.88 Å². The molecule has 0 fully saturated rings. The second-order valence-corrected chi connectivity index (χ2v) is 6.56. The number of esters is 1. The maximum absolute atomic E-state index is 11.8. The fourth-order valence-corrected chi connectivity index (χ4v) is 2.44. The molecule has 0 bridgehead atoms. The lowest BCUT2D eigenvalue weighted by atomic mass is 10.2. The molecular formula is C15H13N3O7S. The first-order valence-corrected chi connectivity index (χ1v) is 8.56. The molecule has 2 aromatic rings. The molecule has 2 aromatic carbocycles. The normalized spacial score (nSPS) is 10.8. The van der Waals surface area contributed by atoms with Crippen LogP contribution < -0.4 is 10.5 Å². The zero-order chi connectivity index (χ0) is 19.3. The number of hydrogen-bond acceptors (Lipinski definition) is 7. The van der Waals surface area contributed by atoms with Crippen LogP contribution in [0.5, 0.6) is 0 Å². The summed E-state index contributed by atoms with van der Waals surface area (Å²) in [6.07, 6.45) is 0. The number of sulfonamides is 1. The first-order chi connectivity index (χ1) is 12.2. The average Bonchev–Trinajstić information content (AvgIpc) is 2.59. The summed E-state index contributed by atoms with van der Waals surface area (Å²) in [4.78, 5) is 33.3. The number of non-ortho nitro benzene ring substituents is 1. The predicted molar refractivity (Wildman–Crippen MR) is 89.8 cm³/mol. The van der Waals surface area contributed by atoms with Crippen LogP contribution >= 0.6 is 0 Å². The molecule has 0 saturated heterocycles. The number of carbonyl (C=O) groups excluding carboxylic acids is 2. The minimum Gasteiger partial charge on any atom is -0.452 e. The maximum Gasteiger partial charge on any atom is 0.338 e. The Labute approximate surface area is 147 Å². The fraction of sp³-hybridized carbons (Fsp3) is 0.0667. The SMILES string of the molecule is NS(=O)(=O)c1cccc(NC(=O)COC(=O)c2ccc([N+](=O)[O-])cc2)c1. The number of nitrogens with one attached hydrogen (secondary N) is 1. The van der Waals surface area contributed by atoms with Gasteiger partial charge in [0.2, 0.25) is 10.0 Å². The van der Waals surface area contributed by atoms with Crippen LogP contribution in [0.3, 0.4) is 0 Å². The highest BCUT2D eigenvalue weighted by Gasteiger charge is 2.13. The smallest absolute Gasteiger partial charge is 0.338 e. The number of ether oxygens (including phenoxy) is 1. The molecule has 1 amide bonds. The van der Waals surface area contributed by atoms with Crippen molar-refractivity contribution in [1.82, 2.24) is 0 Å². The molecular weight excluding hydrogens is 366 g/mol. The van der Waals surface area contributed by atoms with Gasteiger partial charge in [0.1, 0.15) is 0 Å². The van der Waals surface area contributed by atoms with Gasteiger partial charge in [-0.3, -0.25) is 14.9 Å². The van der Waals surface area contributed by atoms with Gasteiger partial charge in [0.05, 0.1) is 15.4 Å². The van der Waals surface area contributed by atoms with E-state index in [1.807, 2.05) is 0 Å². The molecule has 26 heavy (non-hydrogen) atoms. The molecule has 3 N–H and O–H groups in total. The molecule has 0 saturated carbocycles. The molecule has 0 atom stereocenters. The standard InChI is InChI=1S/C15H13N3O7S/c16-26(23,24)13-3-1-2-11(8-13)17-14(19)9-25-15(20)10-4-6-12(7-5-10)18(21)22/h1-8H,9H2,(H,17,19)(H2,16,23,24). The van der Waals surface area contributed by atoms with E-state index in [-0.39, 0.29) is 21.8 Å². The molecule has 2 rings (SSSR count). The number of hydrogen-bond donors (Lipinski definition) is 2. The topological polar surface area (TPSA) is 159 Å². The maximum atomic E-state index is 11.8. The number of nitrogens with zero attached hydrogens (tertiary/aromatic N) is 1. The second-order valence-electron chi connectivity index (χ2n) is 5.00. The average molecular weight is 379 g/mol. The highest BCUT2D eigenvalue weighted by atomic mass is 32.2. The molecule has 0 unspecified atom stereocenters. The van der Waals surface area contributed by atoms with Crippen LogP contribution in [-0.4, -0.2) is 31.8 Å². The van der Waals surface area contributed by atoms with Gasteiger partial charge in [-0.1, -0.05) is 6.07 Å². The Kier molecular flexibility index (Phi) is 5.64. The molecule has 0 radical (unpaired) electrons. The van der Waals surface area contributed by atoms with Gasteiger partial charge < -0.3 is 10.1 Å². The minimum atomic E-state index is -3.92. The van der Waals surface area contributed by atoms with Gasteiger partial charge in [0.25, 0.3) is 11.6 Å². The van der Waals surface area contributed by atoms with Gasteiger partial charge in [-0.15, -0.1) is 0 Å². The third kappa shape index (κ3) is 5.09. The van der Waals surface area contributed by atoms with E-state index in [2.05, 4.69) is 5.32 Å². The molecule has 0 heterocycles. The van der Waals surface area contributed by atoms with Gasteiger partial charge in [0, 0.05) is 17.8 Å². The lowest BCUT2D eigenvalue weighted by Crippen LogP contribution is -2.21. The van der Waals surface area contributed by atoms with E-state index in [0.717, 1.165) is 18.2 Å². The van der Waals surface area contributed by atoms with E-state index < -0.39 is 33.4 Å². The van der Waals surface area contributed by atoms with Crippen LogP contribution in [0.15, 0.2) is 53.4 Å². The number of anilines is 1.